The number of carbonyl (C=O) groups excluding carboxylic acids is 2. The van der Waals surface area contributed by atoms with Crippen molar-refractivity contribution in [3.8, 4) is 5.75 Å². The summed E-state index contributed by atoms with van der Waals surface area (Å²) in [6.45, 7) is 3.67. The highest BCUT2D eigenvalue weighted by Gasteiger charge is 2.28. The summed E-state index contributed by atoms with van der Waals surface area (Å²) >= 11 is 0. The highest BCUT2D eigenvalue weighted by molar-refractivity contribution is 5.95. The molecule has 0 saturated carbocycles. The first-order valence-electron chi connectivity index (χ1n) is 9.34. The van der Waals surface area contributed by atoms with Crippen LogP contribution in [0.1, 0.15) is 34.3 Å². The lowest BCUT2D eigenvalue weighted by Gasteiger charge is -2.31. The zero-order valence-electron chi connectivity index (χ0n) is 15.9. The Kier molecular flexibility index (Phi) is 6.12. The number of likely N-dealkylation sites (tertiary alicyclic amines) is 1. The number of nitrogens with one attached hydrogen (secondary N) is 1. The lowest BCUT2D eigenvalue weighted by Crippen LogP contribution is -2.43. The molecule has 2 amide bonds. The number of methoxy groups -OCH3 is 1. The van der Waals surface area contributed by atoms with Gasteiger partial charge in [0.1, 0.15) is 5.75 Å². The van der Waals surface area contributed by atoms with Crippen molar-refractivity contribution >= 4 is 11.8 Å². The van der Waals surface area contributed by atoms with Gasteiger partial charge in [0.05, 0.1) is 7.11 Å². The molecule has 2 aromatic rings. The molecule has 5 nitrogen and oxygen atoms in total. The number of rotatable bonds is 5. The lowest BCUT2D eigenvalue weighted by atomic mass is 9.95. The number of ether oxygens (including phenoxy) is 1. The molecule has 0 atom stereocenters. The highest BCUT2D eigenvalue weighted by atomic mass is 16.5. The van der Waals surface area contributed by atoms with Gasteiger partial charge in [-0.2, -0.15) is 0 Å². The van der Waals surface area contributed by atoms with Crippen LogP contribution >= 0.6 is 0 Å². The van der Waals surface area contributed by atoms with Crippen molar-refractivity contribution in [1.29, 1.82) is 0 Å². The second-order valence-corrected chi connectivity index (χ2v) is 6.95. The van der Waals surface area contributed by atoms with Crippen molar-refractivity contribution in [2.75, 3.05) is 20.2 Å². The molecule has 1 aliphatic heterocycles. The fourth-order valence-electron chi connectivity index (χ4n) is 3.44. The number of amides is 2. The van der Waals surface area contributed by atoms with Gasteiger partial charge in [-0.15, -0.1) is 0 Å². The van der Waals surface area contributed by atoms with Gasteiger partial charge in [-0.1, -0.05) is 30.3 Å². The third kappa shape index (κ3) is 4.67. The first kappa shape index (κ1) is 19.0. The fraction of sp³-hybridized carbons (Fsp3) is 0.364. The van der Waals surface area contributed by atoms with Gasteiger partial charge in [-0.05, 0) is 49.1 Å². The Morgan fingerprint density at radius 2 is 1.85 bits per heavy atom. The topological polar surface area (TPSA) is 58.6 Å². The van der Waals surface area contributed by atoms with E-state index in [1.165, 1.54) is 0 Å². The number of aryl methyl sites for hydroxylation is 1. The number of nitrogens with zero attached hydrogens (tertiary/aromatic N) is 1. The Morgan fingerprint density at radius 1 is 1.11 bits per heavy atom. The van der Waals surface area contributed by atoms with E-state index in [2.05, 4.69) is 5.32 Å². The van der Waals surface area contributed by atoms with E-state index in [-0.39, 0.29) is 17.7 Å². The van der Waals surface area contributed by atoms with Crippen LogP contribution in [0.15, 0.2) is 48.5 Å². The quantitative estimate of drug-likeness (QED) is 0.884. The maximum absolute atomic E-state index is 12.7. The van der Waals surface area contributed by atoms with Crippen LogP contribution in [0.25, 0.3) is 0 Å². The molecule has 0 radical (unpaired) electrons. The van der Waals surface area contributed by atoms with E-state index < -0.39 is 0 Å². The number of hydrogen-bond donors (Lipinski definition) is 1. The zero-order valence-corrected chi connectivity index (χ0v) is 15.9. The van der Waals surface area contributed by atoms with Crippen LogP contribution in [0.2, 0.25) is 0 Å². The summed E-state index contributed by atoms with van der Waals surface area (Å²) in [5.41, 5.74) is 2.74. The highest BCUT2D eigenvalue weighted by Crippen LogP contribution is 2.21. The Balaban J connectivity index is 1.50. The van der Waals surface area contributed by atoms with Crippen molar-refractivity contribution in [2.45, 2.75) is 26.3 Å². The molecule has 0 bridgehead atoms. The van der Waals surface area contributed by atoms with Gasteiger partial charge in [0, 0.05) is 31.1 Å². The van der Waals surface area contributed by atoms with Crippen LogP contribution < -0.4 is 10.1 Å². The third-order valence-corrected chi connectivity index (χ3v) is 5.13. The number of hydrogen-bond acceptors (Lipinski definition) is 3. The van der Waals surface area contributed by atoms with Gasteiger partial charge in [0.25, 0.3) is 5.91 Å². The molecule has 0 aromatic heterocycles. The Morgan fingerprint density at radius 3 is 2.56 bits per heavy atom. The molecule has 27 heavy (non-hydrogen) atoms. The van der Waals surface area contributed by atoms with Crippen molar-refractivity contribution in [1.82, 2.24) is 10.2 Å². The second kappa shape index (κ2) is 8.71. The fourth-order valence-corrected chi connectivity index (χ4v) is 3.44. The molecule has 3 rings (SSSR count). The minimum Gasteiger partial charge on any atom is -0.497 e. The van der Waals surface area contributed by atoms with Gasteiger partial charge in [0.15, 0.2) is 0 Å². The normalized spacial score (nSPS) is 14.7. The number of benzene rings is 2. The lowest BCUT2D eigenvalue weighted by molar-refractivity contribution is -0.126. The summed E-state index contributed by atoms with van der Waals surface area (Å²) in [4.78, 5) is 27.0. The summed E-state index contributed by atoms with van der Waals surface area (Å²) in [6.07, 6.45) is 1.39. The van der Waals surface area contributed by atoms with Gasteiger partial charge in [-0.3, -0.25) is 9.59 Å². The molecule has 142 valence electrons. The predicted octanol–water partition coefficient (Wildman–Crippen LogP) is 3.17. The summed E-state index contributed by atoms with van der Waals surface area (Å²) in [7, 11) is 1.63. The monoisotopic (exact) mass is 366 g/mol. The molecule has 1 N–H and O–H groups in total. The van der Waals surface area contributed by atoms with Crippen LogP contribution in [0.3, 0.4) is 0 Å². The van der Waals surface area contributed by atoms with Gasteiger partial charge in [0.2, 0.25) is 5.91 Å². The molecular weight excluding hydrogens is 340 g/mol. The first-order valence-corrected chi connectivity index (χ1v) is 9.34. The Bertz CT molecular complexity index is 811. The number of carbonyl (C=O) groups is 2. The third-order valence-electron chi connectivity index (χ3n) is 5.13. The predicted molar refractivity (Wildman–Crippen MR) is 105 cm³/mol. The van der Waals surface area contributed by atoms with E-state index in [1.807, 2.05) is 60.4 Å². The molecule has 1 heterocycles. The van der Waals surface area contributed by atoms with Crippen LogP contribution in [0, 0.1) is 12.8 Å². The van der Waals surface area contributed by atoms with E-state index >= 15 is 0 Å². The average Bonchev–Trinajstić information content (AvgIpc) is 2.72. The molecule has 0 aliphatic carbocycles. The molecule has 0 unspecified atom stereocenters. The van der Waals surface area contributed by atoms with Crippen molar-refractivity contribution in [2.24, 2.45) is 5.92 Å². The van der Waals surface area contributed by atoms with Gasteiger partial charge < -0.3 is 15.0 Å². The van der Waals surface area contributed by atoms with E-state index in [9.17, 15) is 9.59 Å². The van der Waals surface area contributed by atoms with Gasteiger partial charge in [-0.25, -0.2) is 0 Å². The zero-order chi connectivity index (χ0) is 19.2. The molecule has 2 aromatic carbocycles. The van der Waals surface area contributed by atoms with Crippen molar-refractivity contribution in [3.63, 3.8) is 0 Å². The Hall–Kier alpha value is -2.82. The molecule has 1 aliphatic rings. The largest absolute Gasteiger partial charge is 0.497 e. The van der Waals surface area contributed by atoms with Gasteiger partial charge >= 0.3 is 0 Å². The van der Waals surface area contributed by atoms with Crippen LogP contribution in [-0.4, -0.2) is 36.9 Å². The minimum absolute atomic E-state index is 0.0449. The number of piperidine rings is 1. The van der Waals surface area contributed by atoms with E-state index in [0.29, 0.717) is 32.5 Å². The second-order valence-electron chi connectivity index (χ2n) is 6.95. The smallest absolute Gasteiger partial charge is 0.254 e. The SMILES string of the molecule is COc1cccc(CNC(=O)C2CCN(C(=O)c3ccccc3C)CC2)c1. The maximum Gasteiger partial charge on any atom is 0.254 e. The Labute approximate surface area is 160 Å². The summed E-state index contributed by atoms with van der Waals surface area (Å²) in [5, 5.41) is 3.01. The molecule has 1 saturated heterocycles. The van der Waals surface area contributed by atoms with Crippen molar-refractivity contribution in [3.05, 3.63) is 65.2 Å². The molecule has 5 heteroatoms. The first-order chi connectivity index (χ1) is 13.1. The maximum atomic E-state index is 12.7. The van der Waals surface area contributed by atoms with Crippen LogP contribution in [-0.2, 0) is 11.3 Å². The van der Waals surface area contributed by atoms with Crippen LogP contribution in [0.5, 0.6) is 5.75 Å². The molecular formula is C22H26N2O3. The summed E-state index contributed by atoms with van der Waals surface area (Å²) in [6, 6.07) is 15.3. The van der Waals surface area contributed by atoms with E-state index in [4.69, 9.17) is 4.74 Å². The summed E-state index contributed by atoms with van der Waals surface area (Å²) in [5.74, 6) is 0.852. The molecule has 1 fully saturated rings. The van der Waals surface area contributed by atoms with E-state index in [1.54, 1.807) is 7.11 Å². The minimum atomic E-state index is -0.0449. The average molecular weight is 366 g/mol. The summed E-state index contributed by atoms with van der Waals surface area (Å²) < 4.78 is 5.21. The molecule has 0 spiro atoms. The standard InChI is InChI=1S/C22H26N2O3/c1-16-6-3-4-9-20(16)22(26)24-12-10-18(11-13-24)21(25)23-15-17-7-5-8-19(14-17)27-2/h3-9,14,18H,10-13,15H2,1-2H3,(H,23,25). The van der Waals surface area contributed by atoms with Crippen molar-refractivity contribution < 1.29 is 14.3 Å². The van der Waals surface area contributed by atoms with Crippen LogP contribution in [0.4, 0.5) is 0 Å². The van der Waals surface area contributed by atoms with E-state index in [0.717, 1.165) is 22.4 Å².